The van der Waals surface area contributed by atoms with Crippen molar-refractivity contribution < 1.29 is 0 Å². The van der Waals surface area contributed by atoms with E-state index in [1.54, 1.807) is 0 Å². The minimum Gasteiger partial charge on any atom is -0.357 e. The molecule has 27 heavy (non-hydrogen) atoms. The molecule has 2 aliphatic rings. The molecule has 2 aliphatic heterocycles. The normalized spacial score (nSPS) is 23.6. The van der Waals surface area contributed by atoms with Gasteiger partial charge in [0.15, 0.2) is 5.96 Å². The SMILES string of the molecule is CCNC(=NCC(C)N1CCN(CC)CC1)N1CCC(C(CC)CC)C1.I. The number of guanidine groups is 1. The monoisotopic (exact) mass is 493 g/mol. The average Bonchev–Trinajstić information content (AvgIpc) is 3.15. The highest BCUT2D eigenvalue weighted by Gasteiger charge is 2.29. The lowest BCUT2D eigenvalue weighted by molar-refractivity contribution is 0.109. The first kappa shape index (κ1) is 25.0. The van der Waals surface area contributed by atoms with Gasteiger partial charge in [-0.1, -0.05) is 33.6 Å². The molecule has 0 aromatic heterocycles. The van der Waals surface area contributed by atoms with Gasteiger partial charge in [-0.05, 0) is 38.6 Å². The van der Waals surface area contributed by atoms with E-state index in [2.05, 4.69) is 54.6 Å². The van der Waals surface area contributed by atoms with E-state index in [4.69, 9.17) is 4.99 Å². The van der Waals surface area contributed by atoms with Gasteiger partial charge >= 0.3 is 0 Å². The van der Waals surface area contributed by atoms with Crippen LogP contribution in [-0.2, 0) is 0 Å². The highest BCUT2D eigenvalue weighted by Crippen LogP contribution is 2.28. The molecule has 0 aliphatic carbocycles. The van der Waals surface area contributed by atoms with Crippen LogP contribution in [0, 0.1) is 11.8 Å². The molecule has 0 spiro atoms. The molecule has 2 unspecified atom stereocenters. The Balaban J connectivity index is 0.00000364. The predicted octanol–water partition coefficient (Wildman–Crippen LogP) is 3.35. The second-order valence-electron chi connectivity index (χ2n) is 8.09. The summed E-state index contributed by atoms with van der Waals surface area (Å²) in [4.78, 5) is 12.7. The highest BCUT2D eigenvalue weighted by molar-refractivity contribution is 14.0. The fraction of sp³-hybridized carbons (Fsp3) is 0.952. The summed E-state index contributed by atoms with van der Waals surface area (Å²) >= 11 is 0. The van der Waals surface area contributed by atoms with Crippen molar-refractivity contribution in [2.75, 3.05) is 58.9 Å². The van der Waals surface area contributed by atoms with Gasteiger partial charge in [-0.25, -0.2) is 0 Å². The van der Waals surface area contributed by atoms with Gasteiger partial charge in [0, 0.05) is 51.9 Å². The molecule has 2 atom stereocenters. The molecule has 0 amide bonds. The van der Waals surface area contributed by atoms with Crippen molar-refractivity contribution in [1.82, 2.24) is 20.0 Å². The van der Waals surface area contributed by atoms with Gasteiger partial charge in [0.1, 0.15) is 0 Å². The molecule has 6 heteroatoms. The number of aliphatic imine (C=N–C) groups is 1. The number of halogens is 1. The third-order valence-corrected chi connectivity index (χ3v) is 6.56. The van der Waals surface area contributed by atoms with E-state index < -0.39 is 0 Å². The van der Waals surface area contributed by atoms with E-state index in [9.17, 15) is 0 Å². The molecule has 2 fully saturated rings. The lowest BCUT2D eigenvalue weighted by Crippen LogP contribution is -2.50. The Morgan fingerprint density at radius 2 is 1.70 bits per heavy atom. The van der Waals surface area contributed by atoms with E-state index in [0.29, 0.717) is 6.04 Å². The first-order valence-corrected chi connectivity index (χ1v) is 11.1. The Morgan fingerprint density at radius 1 is 1.04 bits per heavy atom. The van der Waals surface area contributed by atoms with Crippen molar-refractivity contribution in [2.24, 2.45) is 16.8 Å². The third-order valence-electron chi connectivity index (χ3n) is 6.56. The fourth-order valence-electron chi connectivity index (χ4n) is 4.60. The lowest BCUT2D eigenvalue weighted by atomic mass is 9.87. The zero-order chi connectivity index (χ0) is 18.9. The van der Waals surface area contributed by atoms with E-state index in [1.807, 2.05) is 0 Å². The number of piperazine rings is 1. The van der Waals surface area contributed by atoms with Crippen molar-refractivity contribution in [1.29, 1.82) is 0 Å². The summed E-state index contributed by atoms with van der Waals surface area (Å²) in [6, 6.07) is 0.528. The summed E-state index contributed by atoms with van der Waals surface area (Å²) in [6.07, 6.45) is 3.94. The summed E-state index contributed by atoms with van der Waals surface area (Å²) in [7, 11) is 0. The first-order chi connectivity index (χ1) is 12.6. The maximum atomic E-state index is 5.03. The van der Waals surface area contributed by atoms with Crippen LogP contribution in [0.25, 0.3) is 0 Å². The standard InChI is InChI=1S/C21H43N5.HI/c1-6-19(7-2)20-10-11-26(17-20)21(22-8-3)23-16-18(5)25-14-12-24(9-4)13-15-25;/h18-20H,6-17H2,1-5H3,(H,22,23);1H. The average molecular weight is 494 g/mol. The molecule has 5 nitrogen and oxygen atoms in total. The van der Waals surface area contributed by atoms with Gasteiger partial charge in [0.05, 0.1) is 6.54 Å². The van der Waals surface area contributed by atoms with Crippen LogP contribution >= 0.6 is 24.0 Å². The summed E-state index contributed by atoms with van der Waals surface area (Å²) in [5, 5.41) is 3.54. The van der Waals surface area contributed by atoms with E-state index in [1.165, 1.54) is 58.5 Å². The Bertz CT molecular complexity index is 419. The van der Waals surface area contributed by atoms with E-state index >= 15 is 0 Å². The highest BCUT2D eigenvalue weighted by atomic mass is 127. The van der Waals surface area contributed by atoms with Crippen molar-refractivity contribution in [3.05, 3.63) is 0 Å². The molecule has 2 rings (SSSR count). The van der Waals surface area contributed by atoms with Gasteiger partial charge < -0.3 is 15.1 Å². The maximum Gasteiger partial charge on any atom is 0.193 e. The van der Waals surface area contributed by atoms with Crippen LogP contribution in [0.3, 0.4) is 0 Å². The second kappa shape index (κ2) is 13.2. The number of rotatable bonds is 8. The van der Waals surface area contributed by atoms with Crippen LogP contribution in [0.15, 0.2) is 4.99 Å². The maximum absolute atomic E-state index is 5.03. The number of likely N-dealkylation sites (N-methyl/N-ethyl adjacent to an activating group) is 1. The molecule has 2 saturated heterocycles. The Labute approximate surface area is 185 Å². The molecule has 0 aromatic rings. The number of hydrogen-bond acceptors (Lipinski definition) is 3. The predicted molar refractivity (Wildman–Crippen MR) is 128 cm³/mol. The molecule has 0 bridgehead atoms. The quantitative estimate of drug-likeness (QED) is 0.320. The number of hydrogen-bond donors (Lipinski definition) is 1. The Morgan fingerprint density at radius 3 is 2.26 bits per heavy atom. The Hall–Kier alpha value is -0.0800. The second-order valence-corrected chi connectivity index (χ2v) is 8.09. The zero-order valence-corrected chi connectivity index (χ0v) is 20.7. The van der Waals surface area contributed by atoms with Crippen LogP contribution in [0.4, 0.5) is 0 Å². The summed E-state index contributed by atoms with van der Waals surface area (Å²) in [5.41, 5.74) is 0. The van der Waals surface area contributed by atoms with Crippen LogP contribution in [0.1, 0.15) is 53.9 Å². The van der Waals surface area contributed by atoms with Gasteiger partial charge in [0.25, 0.3) is 0 Å². The van der Waals surface area contributed by atoms with Crippen LogP contribution in [0.2, 0.25) is 0 Å². The third kappa shape index (κ3) is 7.35. The minimum absolute atomic E-state index is 0. The molecular weight excluding hydrogens is 449 g/mol. The molecule has 2 heterocycles. The van der Waals surface area contributed by atoms with Gasteiger partial charge in [0.2, 0.25) is 0 Å². The summed E-state index contributed by atoms with van der Waals surface area (Å²) < 4.78 is 0. The topological polar surface area (TPSA) is 34.1 Å². The smallest absolute Gasteiger partial charge is 0.193 e. The lowest BCUT2D eigenvalue weighted by Gasteiger charge is -2.37. The number of nitrogens with one attached hydrogen (secondary N) is 1. The van der Waals surface area contributed by atoms with Crippen molar-refractivity contribution in [2.45, 2.75) is 59.9 Å². The van der Waals surface area contributed by atoms with Crippen molar-refractivity contribution in [3.63, 3.8) is 0 Å². The van der Waals surface area contributed by atoms with E-state index in [0.717, 1.165) is 37.4 Å². The number of nitrogens with zero attached hydrogens (tertiary/aromatic N) is 4. The first-order valence-electron chi connectivity index (χ1n) is 11.1. The molecule has 160 valence electrons. The van der Waals surface area contributed by atoms with Crippen molar-refractivity contribution >= 4 is 29.9 Å². The molecule has 0 radical (unpaired) electrons. The van der Waals surface area contributed by atoms with Crippen LogP contribution < -0.4 is 5.32 Å². The van der Waals surface area contributed by atoms with Crippen LogP contribution in [-0.4, -0.2) is 85.6 Å². The summed E-state index contributed by atoms with van der Waals surface area (Å²) in [6.45, 7) is 21.6. The number of likely N-dealkylation sites (tertiary alicyclic amines) is 1. The molecular formula is C21H44IN5. The minimum atomic E-state index is 0. The molecule has 0 saturated carbocycles. The van der Waals surface area contributed by atoms with Gasteiger partial charge in [-0.3, -0.25) is 9.89 Å². The fourth-order valence-corrected chi connectivity index (χ4v) is 4.60. The summed E-state index contributed by atoms with van der Waals surface area (Å²) in [5.74, 6) is 2.85. The largest absolute Gasteiger partial charge is 0.357 e. The molecule has 1 N–H and O–H groups in total. The van der Waals surface area contributed by atoms with Crippen LogP contribution in [0.5, 0.6) is 0 Å². The van der Waals surface area contributed by atoms with E-state index in [-0.39, 0.29) is 24.0 Å². The van der Waals surface area contributed by atoms with Gasteiger partial charge in [-0.2, -0.15) is 0 Å². The van der Waals surface area contributed by atoms with Crippen molar-refractivity contribution in [3.8, 4) is 0 Å². The zero-order valence-electron chi connectivity index (χ0n) is 18.4. The van der Waals surface area contributed by atoms with Gasteiger partial charge in [-0.15, -0.1) is 24.0 Å². The molecule has 0 aromatic carbocycles. The Kier molecular flexibility index (Phi) is 12.2.